The molecule has 0 saturated heterocycles. The minimum absolute atomic E-state index is 0.359. The van der Waals surface area contributed by atoms with Gasteiger partial charge in [-0.15, -0.1) is 0 Å². The Labute approximate surface area is 156 Å². The topological polar surface area (TPSA) is 95.7 Å². The number of nitrogens with two attached hydrogens (primary N) is 1. The second kappa shape index (κ2) is 7.01. The van der Waals surface area contributed by atoms with Gasteiger partial charge < -0.3 is 14.7 Å². The number of ether oxygens (including phenoxy) is 1. The summed E-state index contributed by atoms with van der Waals surface area (Å²) in [5, 5.41) is 0.498. The van der Waals surface area contributed by atoms with Crippen LogP contribution in [0, 0.1) is 6.92 Å². The van der Waals surface area contributed by atoms with Crippen LogP contribution in [0.4, 0.5) is 0 Å². The summed E-state index contributed by atoms with van der Waals surface area (Å²) in [7, 11) is -4.07. The van der Waals surface area contributed by atoms with Crippen molar-refractivity contribution in [1.29, 1.82) is 0 Å². The smallest absolute Gasteiger partial charge is 0.313 e. The van der Waals surface area contributed by atoms with Gasteiger partial charge in [0.1, 0.15) is 5.75 Å². The first-order valence-electron chi connectivity index (χ1n) is 7.69. The van der Waals surface area contributed by atoms with Gasteiger partial charge in [0.25, 0.3) is 0 Å². The Morgan fingerprint density at radius 1 is 1.19 bits per heavy atom. The highest BCUT2D eigenvalue weighted by Gasteiger charge is 2.39. The Morgan fingerprint density at radius 3 is 2.54 bits per heavy atom. The van der Waals surface area contributed by atoms with Gasteiger partial charge in [0.2, 0.25) is 17.4 Å². The SMILES string of the molecule is Cc1cccc(CS(=O)(=O)OC2=C(N)OC(c3ccc(Cl)cc3)C2=O)c1. The Hall–Kier alpha value is -2.51. The molecule has 1 heterocycles. The van der Waals surface area contributed by atoms with Crippen LogP contribution < -0.4 is 5.73 Å². The summed E-state index contributed by atoms with van der Waals surface area (Å²) in [4.78, 5) is 12.5. The number of hydrogen-bond acceptors (Lipinski definition) is 6. The second-order valence-corrected chi connectivity index (χ2v) is 7.89. The molecular formula is C18H16ClNO5S. The van der Waals surface area contributed by atoms with Gasteiger partial charge in [-0.25, -0.2) is 0 Å². The molecule has 6 nitrogen and oxygen atoms in total. The summed E-state index contributed by atoms with van der Waals surface area (Å²) in [5.74, 6) is -1.90. The number of halogens is 1. The quantitative estimate of drug-likeness (QED) is 0.784. The molecule has 1 unspecified atom stereocenters. The van der Waals surface area contributed by atoms with Crippen LogP contribution in [0.25, 0.3) is 0 Å². The van der Waals surface area contributed by atoms with Gasteiger partial charge in [0.05, 0.1) is 0 Å². The third-order valence-electron chi connectivity index (χ3n) is 3.74. The molecule has 136 valence electrons. The first-order valence-corrected chi connectivity index (χ1v) is 9.64. The lowest BCUT2D eigenvalue weighted by atomic mass is 10.1. The van der Waals surface area contributed by atoms with Crippen LogP contribution in [0.15, 0.2) is 60.2 Å². The number of aryl methyl sites for hydroxylation is 1. The summed E-state index contributed by atoms with van der Waals surface area (Å²) in [5.41, 5.74) is 7.63. The third kappa shape index (κ3) is 4.00. The van der Waals surface area contributed by atoms with Crippen molar-refractivity contribution in [3.05, 3.63) is 81.9 Å². The molecule has 1 atom stereocenters. The average Bonchev–Trinajstić information content (AvgIpc) is 2.83. The molecule has 0 radical (unpaired) electrons. The zero-order valence-electron chi connectivity index (χ0n) is 13.8. The number of benzene rings is 2. The van der Waals surface area contributed by atoms with Crippen LogP contribution in [-0.2, 0) is 29.6 Å². The molecule has 0 bridgehead atoms. The zero-order chi connectivity index (χ0) is 18.9. The lowest BCUT2D eigenvalue weighted by molar-refractivity contribution is -0.123. The summed E-state index contributed by atoms with van der Waals surface area (Å²) < 4.78 is 34.9. The van der Waals surface area contributed by atoms with Crippen LogP contribution in [0.2, 0.25) is 5.02 Å². The number of hydrogen-bond donors (Lipinski definition) is 1. The molecule has 3 rings (SSSR count). The average molecular weight is 394 g/mol. The van der Waals surface area contributed by atoms with Crippen molar-refractivity contribution in [1.82, 2.24) is 0 Å². The molecule has 1 aliphatic heterocycles. The van der Waals surface area contributed by atoms with Gasteiger partial charge >= 0.3 is 10.1 Å². The lowest BCUT2D eigenvalue weighted by Gasteiger charge is -2.10. The van der Waals surface area contributed by atoms with E-state index in [-0.39, 0.29) is 11.6 Å². The molecule has 0 aliphatic carbocycles. The van der Waals surface area contributed by atoms with Gasteiger partial charge in [0.15, 0.2) is 6.10 Å². The van der Waals surface area contributed by atoms with Crippen LogP contribution >= 0.6 is 11.6 Å². The molecule has 0 fully saturated rings. The van der Waals surface area contributed by atoms with Gasteiger partial charge in [0, 0.05) is 10.6 Å². The van der Waals surface area contributed by atoms with E-state index in [9.17, 15) is 13.2 Å². The van der Waals surface area contributed by atoms with Crippen LogP contribution in [0.3, 0.4) is 0 Å². The van der Waals surface area contributed by atoms with Gasteiger partial charge in [-0.05, 0) is 24.6 Å². The Bertz CT molecular complexity index is 983. The molecule has 2 aromatic rings. The van der Waals surface area contributed by atoms with E-state index in [4.69, 9.17) is 26.3 Å². The largest absolute Gasteiger partial charge is 0.460 e. The highest BCUT2D eigenvalue weighted by Crippen LogP contribution is 2.33. The number of carbonyl (C=O) groups excluding carboxylic acids is 1. The van der Waals surface area contributed by atoms with E-state index in [1.165, 1.54) is 0 Å². The van der Waals surface area contributed by atoms with E-state index in [1.807, 2.05) is 13.0 Å². The van der Waals surface area contributed by atoms with Gasteiger partial charge in [-0.1, -0.05) is 53.6 Å². The summed E-state index contributed by atoms with van der Waals surface area (Å²) in [6.07, 6.45) is -1.06. The first kappa shape index (κ1) is 18.3. The lowest BCUT2D eigenvalue weighted by Crippen LogP contribution is -2.16. The highest BCUT2D eigenvalue weighted by atomic mass is 35.5. The van der Waals surface area contributed by atoms with Crippen molar-refractivity contribution in [2.45, 2.75) is 18.8 Å². The minimum Gasteiger partial charge on any atom is -0.460 e. The van der Waals surface area contributed by atoms with E-state index >= 15 is 0 Å². The van der Waals surface area contributed by atoms with Crippen molar-refractivity contribution in [3.8, 4) is 0 Å². The monoisotopic (exact) mass is 393 g/mol. The molecule has 0 aromatic heterocycles. The van der Waals surface area contributed by atoms with Crippen molar-refractivity contribution >= 4 is 27.5 Å². The number of rotatable bonds is 5. The standard InChI is InChI=1S/C18H16ClNO5S/c1-11-3-2-4-12(9-11)10-26(22,23)25-17-15(21)16(24-18(17)20)13-5-7-14(19)8-6-13/h2-9,16H,10,20H2,1H3. The maximum Gasteiger partial charge on any atom is 0.313 e. The fourth-order valence-corrected chi connectivity index (χ4v) is 3.77. The molecule has 26 heavy (non-hydrogen) atoms. The van der Waals surface area contributed by atoms with E-state index in [2.05, 4.69) is 0 Å². The predicted octanol–water partition coefficient (Wildman–Crippen LogP) is 2.96. The highest BCUT2D eigenvalue weighted by molar-refractivity contribution is 7.86. The molecule has 0 saturated carbocycles. The van der Waals surface area contributed by atoms with E-state index < -0.39 is 27.8 Å². The summed E-state index contributed by atoms with van der Waals surface area (Å²) >= 11 is 5.82. The molecule has 2 N–H and O–H groups in total. The number of ketones is 1. The molecule has 8 heteroatoms. The molecule has 2 aromatic carbocycles. The van der Waals surface area contributed by atoms with Gasteiger partial charge in [-0.2, -0.15) is 8.42 Å². The number of Topliss-reactive ketones (excluding diaryl/α,β-unsaturated/α-hetero) is 1. The third-order valence-corrected chi connectivity index (χ3v) is 5.10. The molecule has 1 aliphatic rings. The second-order valence-electron chi connectivity index (χ2n) is 5.88. The summed E-state index contributed by atoms with van der Waals surface area (Å²) in [6, 6.07) is 13.4. The fraction of sp³-hybridized carbons (Fsp3) is 0.167. The zero-order valence-corrected chi connectivity index (χ0v) is 15.4. The minimum atomic E-state index is -4.07. The number of carbonyl (C=O) groups is 1. The van der Waals surface area contributed by atoms with E-state index in [0.29, 0.717) is 16.1 Å². The Kier molecular flexibility index (Phi) is 4.93. The van der Waals surface area contributed by atoms with Crippen molar-refractivity contribution in [3.63, 3.8) is 0 Å². The van der Waals surface area contributed by atoms with Crippen molar-refractivity contribution in [2.75, 3.05) is 0 Å². The van der Waals surface area contributed by atoms with Crippen LogP contribution in [0.5, 0.6) is 0 Å². The summed E-state index contributed by atoms with van der Waals surface area (Å²) in [6.45, 7) is 1.85. The van der Waals surface area contributed by atoms with Gasteiger partial charge in [-0.3, -0.25) is 4.79 Å². The fourth-order valence-electron chi connectivity index (χ4n) is 2.58. The Balaban J connectivity index is 1.77. The van der Waals surface area contributed by atoms with Crippen LogP contribution in [-0.4, -0.2) is 14.2 Å². The maximum atomic E-state index is 12.5. The van der Waals surface area contributed by atoms with Crippen molar-refractivity contribution < 1.29 is 22.1 Å². The first-order chi connectivity index (χ1) is 12.2. The molecular weight excluding hydrogens is 378 g/mol. The molecule has 0 amide bonds. The predicted molar refractivity (Wildman–Crippen MR) is 96.4 cm³/mol. The van der Waals surface area contributed by atoms with Crippen LogP contribution in [0.1, 0.15) is 22.8 Å². The van der Waals surface area contributed by atoms with E-state index in [1.54, 1.807) is 42.5 Å². The molecule has 0 spiro atoms. The van der Waals surface area contributed by atoms with Crippen molar-refractivity contribution in [2.24, 2.45) is 5.73 Å². The van der Waals surface area contributed by atoms with E-state index in [0.717, 1.165) is 5.56 Å². The Morgan fingerprint density at radius 2 is 1.88 bits per heavy atom. The maximum absolute atomic E-state index is 12.5. The normalized spacial score (nSPS) is 17.3.